The molecule has 1 saturated heterocycles. The Labute approximate surface area is 126 Å². The Bertz CT molecular complexity index is 532. The largest absolute Gasteiger partial charge is 0.393 e. The van der Waals surface area contributed by atoms with Crippen molar-refractivity contribution in [2.24, 2.45) is 0 Å². The van der Waals surface area contributed by atoms with Gasteiger partial charge in [0.1, 0.15) is 0 Å². The standard InChI is InChI=1S/C19H22O2/c1-13-3-7-15(8-4-13)18-11-17(20)12-19(21-18)16-9-5-14(2)6-10-16/h3-10,17-20H,11-12H2,1-2H3/t17?,18-,19+. The maximum atomic E-state index is 10.2. The number of aryl methyl sites for hydroxylation is 2. The van der Waals surface area contributed by atoms with Crippen LogP contribution in [0.25, 0.3) is 0 Å². The Morgan fingerprint density at radius 1 is 0.762 bits per heavy atom. The zero-order chi connectivity index (χ0) is 14.8. The van der Waals surface area contributed by atoms with E-state index in [1.807, 2.05) is 0 Å². The minimum absolute atomic E-state index is 0.0272. The van der Waals surface area contributed by atoms with Gasteiger partial charge < -0.3 is 9.84 Å². The van der Waals surface area contributed by atoms with Gasteiger partial charge in [-0.1, -0.05) is 59.7 Å². The van der Waals surface area contributed by atoms with Crippen LogP contribution in [0.3, 0.4) is 0 Å². The second-order valence-corrected chi connectivity index (χ2v) is 6.06. The molecule has 0 spiro atoms. The molecule has 110 valence electrons. The third-order valence-electron chi connectivity index (χ3n) is 4.20. The number of benzene rings is 2. The van der Waals surface area contributed by atoms with Gasteiger partial charge in [-0.25, -0.2) is 0 Å². The predicted octanol–water partition coefficient (Wildman–Crippen LogP) is 4.26. The van der Waals surface area contributed by atoms with Gasteiger partial charge in [0, 0.05) is 12.8 Å². The zero-order valence-corrected chi connectivity index (χ0v) is 12.6. The summed E-state index contributed by atoms with van der Waals surface area (Å²) in [6.07, 6.45) is 0.981. The predicted molar refractivity (Wildman–Crippen MR) is 84.2 cm³/mol. The van der Waals surface area contributed by atoms with E-state index in [4.69, 9.17) is 4.74 Å². The molecule has 0 saturated carbocycles. The molecule has 0 bridgehead atoms. The summed E-state index contributed by atoms with van der Waals surface area (Å²) in [5.74, 6) is 0. The van der Waals surface area contributed by atoms with E-state index in [1.54, 1.807) is 0 Å². The number of hydrogen-bond donors (Lipinski definition) is 1. The van der Waals surface area contributed by atoms with Crippen LogP contribution in [0.1, 0.15) is 47.3 Å². The van der Waals surface area contributed by atoms with Crippen molar-refractivity contribution in [3.05, 3.63) is 70.8 Å². The lowest BCUT2D eigenvalue weighted by molar-refractivity contribution is -0.0998. The third-order valence-corrected chi connectivity index (χ3v) is 4.20. The lowest BCUT2D eigenvalue weighted by atomic mass is 9.92. The van der Waals surface area contributed by atoms with Gasteiger partial charge in [-0.2, -0.15) is 0 Å². The van der Waals surface area contributed by atoms with Gasteiger partial charge in [0.15, 0.2) is 0 Å². The maximum Gasteiger partial charge on any atom is 0.0858 e. The van der Waals surface area contributed by atoms with Gasteiger partial charge in [-0.3, -0.25) is 0 Å². The minimum atomic E-state index is -0.309. The van der Waals surface area contributed by atoms with E-state index < -0.39 is 0 Å². The number of aliphatic hydroxyl groups excluding tert-OH is 1. The van der Waals surface area contributed by atoms with Crippen molar-refractivity contribution in [3.8, 4) is 0 Å². The molecule has 1 heterocycles. The van der Waals surface area contributed by atoms with Gasteiger partial charge in [0.05, 0.1) is 18.3 Å². The van der Waals surface area contributed by atoms with E-state index in [0.717, 1.165) is 11.1 Å². The van der Waals surface area contributed by atoms with Gasteiger partial charge >= 0.3 is 0 Å². The Kier molecular flexibility index (Phi) is 4.09. The average molecular weight is 282 g/mol. The summed E-state index contributed by atoms with van der Waals surface area (Å²) in [5.41, 5.74) is 4.78. The van der Waals surface area contributed by atoms with Crippen molar-refractivity contribution in [1.82, 2.24) is 0 Å². The van der Waals surface area contributed by atoms with E-state index in [2.05, 4.69) is 62.4 Å². The molecule has 1 N–H and O–H groups in total. The Hall–Kier alpha value is -1.64. The molecule has 0 aliphatic carbocycles. The lowest BCUT2D eigenvalue weighted by Gasteiger charge is -2.34. The monoisotopic (exact) mass is 282 g/mol. The molecule has 2 aromatic rings. The highest BCUT2D eigenvalue weighted by Crippen LogP contribution is 2.38. The molecule has 3 rings (SSSR count). The Balaban J connectivity index is 1.81. The molecule has 3 atom stereocenters. The Morgan fingerprint density at radius 3 is 1.52 bits per heavy atom. The first-order valence-electron chi connectivity index (χ1n) is 7.58. The molecular formula is C19H22O2. The van der Waals surface area contributed by atoms with Crippen LogP contribution in [0.5, 0.6) is 0 Å². The molecule has 1 aliphatic heterocycles. The van der Waals surface area contributed by atoms with Crippen LogP contribution in [0.15, 0.2) is 48.5 Å². The van der Waals surface area contributed by atoms with E-state index in [-0.39, 0.29) is 18.3 Å². The van der Waals surface area contributed by atoms with Gasteiger partial charge in [-0.05, 0) is 25.0 Å². The van der Waals surface area contributed by atoms with Crippen molar-refractivity contribution in [1.29, 1.82) is 0 Å². The fourth-order valence-corrected chi connectivity index (χ4v) is 2.89. The molecule has 0 radical (unpaired) electrons. The number of ether oxygens (including phenoxy) is 1. The van der Waals surface area contributed by atoms with Crippen LogP contribution < -0.4 is 0 Å². The molecule has 0 amide bonds. The van der Waals surface area contributed by atoms with Gasteiger partial charge in [-0.15, -0.1) is 0 Å². The quantitative estimate of drug-likeness (QED) is 0.892. The van der Waals surface area contributed by atoms with E-state index >= 15 is 0 Å². The Morgan fingerprint density at radius 2 is 1.14 bits per heavy atom. The van der Waals surface area contributed by atoms with Crippen LogP contribution in [0, 0.1) is 13.8 Å². The van der Waals surface area contributed by atoms with E-state index in [0.29, 0.717) is 12.8 Å². The van der Waals surface area contributed by atoms with Gasteiger partial charge in [0.2, 0.25) is 0 Å². The van der Waals surface area contributed by atoms with Crippen molar-refractivity contribution in [2.45, 2.75) is 45.0 Å². The summed E-state index contributed by atoms with van der Waals surface area (Å²) in [6, 6.07) is 16.8. The first-order chi connectivity index (χ1) is 10.1. The second-order valence-electron chi connectivity index (χ2n) is 6.06. The lowest BCUT2D eigenvalue weighted by Crippen LogP contribution is -2.26. The molecule has 2 nitrogen and oxygen atoms in total. The molecule has 2 aromatic carbocycles. The summed E-state index contributed by atoms with van der Waals surface area (Å²) < 4.78 is 6.25. The minimum Gasteiger partial charge on any atom is -0.393 e. The van der Waals surface area contributed by atoms with Gasteiger partial charge in [0.25, 0.3) is 0 Å². The molecule has 0 aromatic heterocycles. The molecule has 1 unspecified atom stereocenters. The zero-order valence-electron chi connectivity index (χ0n) is 12.6. The molecular weight excluding hydrogens is 260 g/mol. The van der Waals surface area contributed by atoms with Crippen LogP contribution in [-0.2, 0) is 4.74 Å². The topological polar surface area (TPSA) is 29.5 Å². The summed E-state index contributed by atoms with van der Waals surface area (Å²) in [4.78, 5) is 0. The smallest absolute Gasteiger partial charge is 0.0858 e. The van der Waals surface area contributed by atoms with E-state index in [9.17, 15) is 5.11 Å². The third kappa shape index (κ3) is 3.34. The normalized spacial score (nSPS) is 25.8. The highest BCUT2D eigenvalue weighted by molar-refractivity contribution is 5.26. The fraction of sp³-hybridized carbons (Fsp3) is 0.368. The maximum absolute atomic E-state index is 10.2. The number of rotatable bonds is 2. The highest BCUT2D eigenvalue weighted by Gasteiger charge is 2.30. The molecule has 21 heavy (non-hydrogen) atoms. The SMILES string of the molecule is Cc1ccc([C@@H]2CC(O)C[C@H](c3ccc(C)cc3)O2)cc1. The van der Waals surface area contributed by atoms with E-state index in [1.165, 1.54) is 11.1 Å². The number of hydrogen-bond acceptors (Lipinski definition) is 2. The van der Waals surface area contributed by atoms with Crippen molar-refractivity contribution in [2.75, 3.05) is 0 Å². The van der Waals surface area contributed by atoms with Crippen LogP contribution in [0.4, 0.5) is 0 Å². The second kappa shape index (κ2) is 6.00. The molecule has 2 heteroatoms. The van der Waals surface area contributed by atoms with Crippen LogP contribution in [0.2, 0.25) is 0 Å². The summed E-state index contributed by atoms with van der Waals surface area (Å²) >= 11 is 0. The van der Waals surface area contributed by atoms with Crippen molar-refractivity contribution >= 4 is 0 Å². The summed E-state index contributed by atoms with van der Waals surface area (Å²) in [5, 5.41) is 10.2. The average Bonchev–Trinajstić information content (AvgIpc) is 2.48. The first kappa shape index (κ1) is 14.3. The van der Waals surface area contributed by atoms with Crippen molar-refractivity contribution in [3.63, 3.8) is 0 Å². The summed E-state index contributed by atoms with van der Waals surface area (Å²) in [7, 11) is 0. The molecule has 1 fully saturated rings. The number of aliphatic hydroxyl groups is 1. The molecule has 1 aliphatic rings. The van der Waals surface area contributed by atoms with Crippen molar-refractivity contribution < 1.29 is 9.84 Å². The summed E-state index contributed by atoms with van der Waals surface area (Å²) in [6.45, 7) is 4.16. The first-order valence-corrected chi connectivity index (χ1v) is 7.58. The van der Waals surface area contributed by atoms with Crippen LogP contribution in [-0.4, -0.2) is 11.2 Å². The van der Waals surface area contributed by atoms with Crippen LogP contribution >= 0.6 is 0 Å². The fourth-order valence-electron chi connectivity index (χ4n) is 2.89. The highest BCUT2D eigenvalue weighted by atomic mass is 16.5.